The number of likely N-dealkylation sites (N-methyl/N-ethyl adjacent to an activating group) is 1. The third-order valence-corrected chi connectivity index (χ3v) is 4.56. The summed E-state index contributed by atoms with van der Waals surface area (Å²) >= 11 is 5.91. The third kappa shape index (κ3) is 4.40. The zero-order valence-electron chi connectivity index (χ0n) is 10.5. The molecule has 0 aliphatic rings. The van der Waals surface area contributed by atoms with Crippen LogP contribution < -0.4 is 10.0 Å². The van der Waals surface area contributed by atoms with Crippen molar-refractivity contribution in [3.8, 4) is 0 Å². The predicted octanol–water partition coefficient (Wildman–Crippen LogP) is 1.96. The van der Waals surface area contributed by atoms with Crippen LogP contribution >= 0.6 is 24.0 Å². The maximum Gasteiger partial charge on any atom is 0.240 e. The van der Waals surface area contributed by atoms with Crippen molar-refractivity contribution in [2.75, 3.05) is 13.6 Å². The van der Waals surface area contributed by atoms with Gasteiger partial charge < -0.3 is 5.32 Å². The molecule has 0 amide bonds. The van der Waals surface area contributed by atoms with Gasteiger partial charge in [0, 0.05) is 17.6 Å². The average Bonchev–Trinajstić information content (AvgIpc) is 2.29. The van der Waals surface area contributed by atoms with Gasteiger partial charge in [-0.1, -0.05) is 17.7 Å². The minimum Gasteiger partial charge on any atom is -0.316 e. The smallest absolute Gasteiger partial charge is 0.240 e. The molecule has 0 radical (unpaired) electrons. The molecule has 0 saturated heterocycles. The number of rotatable bonds is 5. The summed E-state index contributed by atoms with van der Waals surface area (Å²) < 4.78 is 26.6. The first kappa shape index (κ1) is 17.7. The average molecular weight is 313 g/mol. The fourth-order valence-corrected chi connectivity index (χ4v) is 2.92. The second-order valence-corrected chi connectivity index (χ2v) is 6.05. The van der Waals surface area contributed by atoms with Gasteiger partial charge in [0.25, 0.3) is 0 Å². The van der Waals surface area contributed by atoms with Crippen LogP contribution in [0.15, 0.2) is 23.1 Å². The summed E-state index contributed by atoms with van der Waals surface area (Å²) in [5.74, 6) is 0. The summed E-state index contributed by atoms with van der Waals surface area (Å²) in [5, 5.41) is 3.42. The minimum absolute atomic E-state index is 0. The summed E-state index contributed by atoms with van der Waals surface area (Å²) in [6.45, 7) is 3.93. The van der Waals surface area contributed by atoms with Crippen LogP contribution in [0.2, 0.25) is 5.02 Å². The van der Waals surface area contributed by atoms with Crippen molar-refractivity contribution in [3.05, 3.63) is 28.8 Å². The lowest BCUT2D eigenvalue weighted by atomic mass is 10.2. The Morgan fingerprint density at radius 2 is 2.00 bits per heavy atom. The van der Waals surface area contributed by atoms with Gasteiger partial charge in [-0.15, -0.1) is 12.4 Å². The Bertz CT molecular complexity index is 492. The lowest BCUT2D eigenvalue weighted by Crippen LogP contribution is -2.37. The van der Waals surface area contributed by atoms with Gasteiger partial charge in [0.1, 0.15) is 0 Å². The molecule has 18 heavy (non-hydrogen) atoms. The molecule has 0 bridgehead atoms. The van der Waals surface area contributed by atoms with Crippen LogP contribution in [-0.4, -0.2) is 28.1 Å². The fraction of sp³-hybridized carbons (Fsp3) is 0.455. The summed E-state index contributed by atoms with van der Waals surface area (Å²) in [6, 6.07) is 4.93. The molecule has 0 fully saturated rings. The summed E-state index contributed by atoms with van der Waals surface area (Å²) in [4.78, 5) is 0.230. The minimum atomic E-state index is -3.49. The lowest BCUT2D eigenvalue weighted by molar-refractivity contribution is 0.554. The van der Waals surface area contributed by atoms with E-state index in [0.717, 1.165) is 0 Å². The largest absolute Gasteiger partial charge is 0.316 e. The van der Waals surface area contributed by atoms with Gasteiger partial charge in [-0.25, -0.2) is 13.1 Å². The van der Waals surface area contributed by atoms with Crippen LogP contribution in [0.4, 0.5) is 0 Å². The highest BCUT2D eigenvalue weighted by Crippen LogP contribution is 2.22. The Balaban J connectivity index is 0.00000289. The lowest BCUT2D eigenvalue weighted by Gasteiger charge is -2.13. The molecule has 1 aromatic carbocycles. The molecular weight excluding hydrogens is 295 g/mol. The Kier molecular flexibility index (Phi) is 7.17. The van der Waals surface area contributed by atoms with Crippen molar-refractivity contribution in [2.24, 2.45) is 0 Å². The number of hydrogen-bond donors (Lipinski definition) is 2. The summed E-state index contributed by atoms with van der Waals surface area (Å²) in [6.07, 6.45) is 0. The second kappa shape index (κ2) is 7.31. The maximum absolute atomic E-state index is 12.0. The number of halogens is 2. The van der Waals surface area contributed by atoms with E-state index in [1.54, 1.807) is 32.2 Å². The molecule has 1 rings (SSSR count). The molecule has 0 aliphatic heterocycles. The molecule has 0 heterocycles. The SMILES string of the molecule is CNC(C)CNS(=O)(=O)c1cccc(Cl)c1C.Cl. The van der Waals surface area contributed by atoms with Crippen LogP contribution in [0.25, 0.3) is 0 Å². The van der Waals surface area contributed by atoms with Gasteiger partial charge in [-0.3, -0.25) is 0 Å². The highest BCUT2D eigenvalue weighted by molar-refractivity contribution is 7.89. The van der Waals surface area contributed by atoms with E-state index < -0.39 is 10.0 Å². The van der Waals surface area contributed by atoms with E-state index in [2.05, 4.69) is 10.0 Å². The van der Waals surface area contributed by atoms with Crippen molar-refractivity contribution >= 4 is 34.0 Å². The van der Waals surface area contributed by atoms with E-state index in [9.17, 15) is 8.42 Å². The first-order valence-electron chi connectivity index (χ1n) is 5.30. The summed E-state index contributed by atoms with van der Waals surface area (Å²) in [7, 11) is -1.71. The first-order chi connectivity index (χ1) is 7.88. The molecule has 0 aliphatic carbocycles. The highest BCUT2D eigenvalue weighted by atomic mass is 35.5. The van der Waals surface area contributed by atoms with Gasteiger partial charge in [0.15, 0.2) is 0 Å². The van der Waals surface area contributed by atoms with Crippen molar-refractivity contribution in [3.63, 3.8) is 0 Å². The molecule has 4 nitrogen and oxygen atoms in total. The molecule has 1 atom stereocenters. The van der Waals surface area contributed by atoms with Crippen molar-refractivity contribution < 1.29 is 8.42 Å². The van der Waals surface area contributed by atoms with Gasteiger partial charge in [0.05, 0.1) is 4.90 Å². The van der Waals surface area contributed by atoms with Crippen LogP contribution in [0.3, 0.4) is 0 Å². The number of nitrogens with one attached hydrogen (secondary N) is 2. The van der Waals surface area contributed by atoms with E-state index in [-0.39, 0.29) is 23.3 Å². The molecule has 7 heteroatoms. The van der Waals surface area contributed by atoms with Crippen molar-refractivity contribution in [1.29, 1.82) is 0 Å². The van der Waals surface area contributed by atoms with Gasteiger partial charge >= 0.3 is 0 Å². The molecule has 0 saturated carbocycles. The standard InChI is InChI=1S/C11H17ClN2O2S.ClH/c1-8(13-3)7-14-17(15,16)11-6-4-5-10(12)9(11)2;/h4-6,8,13-14H,7H2,1-3H3;1H. The molecule has 104 valence electrons. The molecule has 0 aromatic heterocycles. The third-order valence-electron chi connectivity index (χ3n) is 2.58. The number of sulfonamides is 1. The van der Waals surface area contributed by atoms with Crippen molar-refractivity contribution in [1.82, 2.24) is 10.0 Å². The Labute approximate surface area is 120 Å². The number of benzene rings is 1. The Morgan fingerprint density at radius 3 is 2.56 bits per heavy atom. The molecule has 1 unspecified atom stereocenters. The van der Waals surface area contributed by atoms with Gasteiger partial charge in [-0.05, 0) is 38.6 Å². The molecule has 2 N–H and O–H groups in total. The van der Waals surface area contributed by atoms with Crippen LogP contribution in [0.5, 0.6) is 0 Å². The molecular formula is C11H18Cl2N2O2S. The van der Waals surface area contributed by atoms with Gasteiger partial charge in [0.2, 0.25) is 10.0 Å². The fourth-order valence-electron chi connectivity index (χ4n) is 1.29. The molecule has 1 aromatic rings. The Morgan fingerprint density at radius 1 is 1.39 bits per heavy atom. The molecule has 0 spiro atoms. The predicted molar refractivity (Wildman–Crippen MR) is 77.1 cm³/mol. The second-order valence-electron chi connectivity index (χ2n) is 3.90. The highest BCUT2D eigenvalue weighted by Gasteiger charge is 2.18. The monoisotopic (exact) mass is 312 g/mol. The van der Waals surface area contributed by atoms with Crippen LogP contribution in [-0.2, 0) is 10.0 Å². The van der Waals surface area contributed by atoms with Crippen LogP contribution in [0, 0.1) is 6.92 Å². The Hall–Kier alpha value is -0.330. The first-order valence-corrected chi connectivity index (χ1v) is 7.16. The quantitative estimate of drug-likeness (QED) is 0.873. The van der Waals surface area contributed by atoms with Gasteiger partial charge in [-0.2, -0.15) is 0 Å². The maximum atomic E-state index is 12.0. The van der Waals surface area contributed by atoms with E-state index >= 15 is 0 Å². The normalized spacial score (nSPS) is 12.9. The zero-order chi connectivity index (χ0) is 13.1. The summed E-state index contributed by atoms with van der Waals surface area (Å²) in [5.41, 5.74) is 0.568. The van der Waals surface area contributed by atoms with E-state index in [0.29, 0.717) is 17.1 Å². The zero-order valence-corrected chi connectivity index (χ0v) is 12.9. The van der Waals surface area contributed by atoms with Crippen LogP contribution in [0.1, 0.15) is 12.5 Å². The van der Waals surface area contributed by atoms with E-state index in [4.69, 9.17) is 11.6 Å². The van der Waals surface area contributed by atoms with E-state index in [1.807, 2.05) is 6.92 Å². The van der Waals surface area contributed by atoms with E-state index in [1.165, 1.54) is 0 Å². The topological polar surface area (TPSA) is 58.2 Å². The number of hydrogen-bond acceptors (Lipinski definition) is 3. The van der Waals surface area contributed by atoms with Crippen molar-refractivity contribution in [2.45, 2.75) is 24.8 Å².